The molecule has 3 heterocycles. The molecule has 1 aliphatic rings. The fourth-order valence-corrected chi connectivity index (χ4v) is 2.42. The highest BCUT2D eigenvalue weighted by molar-refractivity contribution is 5.73. The minimum Gasteiger partial charge on any atom is -0.394 e. The average molecular weight is 312 g/mol. The predicted molar refractivity (Wildman–Crippen MR) is 70.8 cm³/mol. The molecule has 0 saturated carbocycles. The zero-order chi connectivity index (χ0) is 16.0. The van der Waals surface area contributed by atoms with E-state index >= 15 is 0 Å². The van der Waals surface area contributed by atoms with Crippen LogP contribution in [0.25, 0.3) is 11.2 Å². The zero-order valence-electron chi connectivity index (χ0n) is 11.0. The van der Waals surface area contributed by atoms with Crippen LogP contribution < -0.4 is 11.3 Å². The second kappa shape index (κ2) is 5.01. The lowest BCUT2D eigenvalue weighted by Crippen LogP contribution is -2.24. The molecule has 0 aromatic carbocycles. The normalized spacial score (nSPS) is 24.9. The lowest BCUT2D eigenvalue weighted by atomic mass is 10.2. The second-order valence-electron chi connectivity index (χ2n) is 4.78. The van der Waals surface area contributed by atoms with Crippen LogP contribution >= 0.6 is 0 Å². The number of nitro groups is 1. The molecule has 1 fully saturated rings. The van der Waals surface area contributed by atoms with E-state index in [2.05, 4.69) is 15.0 Å². The monoisotopic (exact) mass is 312 g/mol. The number of nitrogen functional groups attached to an aromatic ring is 1. The van der Waals surface area contributed by atoms with E-state index < -0.39 is 41.5 Å². The third-order valence-electron chi connectivity index (χ3n) is 3.39. The Morgan fingerprint density at radius 3 is 2.86 bits per heavy atom. The van der Waals surface area contributed by atoms with Gasteiger partial charge in [-0.25, -0.2) is 0 Å². The molecular formula is C10H12N6O6. The van der Waals surface area contributed by atoms with Gasteiger partial charge in [-0.3, -0.25) is 9.78 Å². The predicted octanol–water partition coefficient (Wildman–Crippen LogP) is -1.75. The summed E-state index contributed by atoms with van der Waals surface area (Å²) in [5.41, 5.74) is 4.35. The Balaban J connectivity index is 2.21. The number of aromatic nitrogens is 4. The Labute approximate surface area is 121 Å². The summed E-state index contributed by atoms with van der Waals surface area (Å²) in [7, 11) is 0. The first-order valence-corrected chi connectivity index (χ1v) is 6.29. The largest absolute Gasteiger partial charge is 0.439 e. The summed E-state index contributed by atoms with van der Waals surface area (Å²) in [6.07, 6.45) is -2.91. The molecule has 2 aromatic rings. The van der Waals surface area contributed by atoms with E-state index in [0.717, 1.165) is 4.57 Å². The van der Waals surface area contributed by atoms with Crippen molar-refractivity contribution in [2.75, 3.05) is 12.3 Å². The summed E-state index contributed by atoms with van der Waals surface area (Å²) in [5.74, 6) is -0.889. The Bertz CT molecular complexity index is 799. The van der Waals surface area contributed by atoms with E-state index in [-0.39, 0.29) is 23.5 Å². The number of aliphatic hydroxyl groups is 2. The van der Waals surface area contributed by atoms with Gasteiger partial charge in [0.25, 0.3) is 11.1 Å². The minimum atomic E-state index is -1.01. The number of rotatable bonds is 3. The molecular weight excluding hydrogens is 300 g/mol. The molecule has 118 valence electrons. The van der Waals surface area contributed by atoms with E-state index in [9.17, 15) is 20.0 Å². The van der Waals surface area contributed by atoms with Crippen LogP contribution in [0.2, 0.25) is 0 Å². The van der Waals surface area contributed by atoms with Crippen LogP contribution in [0.3, 0.4) is 0 Å². The van der Waals surface area contributed by atoms with Crippen LogP contribution in [0.4, 0.5) is 11.9 Å². The van der Waals surface area contributed by atoms with Gasteiger partial charge in [-0.05, 0) is 4.92 Å². The Hall–Kier alpha value is -2.57. The van der Waals surface area contributed by atoms with E-state index in [1.54, 1.807) is 0 Å². The van der Waals surface area contributed by atoms with E-state index in [1.165, 1.54) is 0 Å². The van der Waals surface area contributed by atoms with Gasteiger partial charge in [-0.1, -0.05) is 4.98 Å². The van der Waals surface area contributed by atoms with Gasteiger partial charge in [-0.2, -0.15) is 9.55 Å². The van der Waals surface area contributed by atoms with Crippen molar-refractivity contribution in [2.45, 2.75) is 24.9 Å². The average Bonchev–Trinajstić information content (AvgIpc) is 2.99. The number of nitrogens with two attached hydrogens (primary N) is 1. The van der Waals surface area contributed by atoms with E-state index in [1.807, 2.05) is 0 Å². The van der Waals surface area contributed by atoms with Crippen molar-refractivity contribution in [2.24, 2.45) is 0 Å². The SMILES string of the molecule is Nc1nc2c(nc([N+](=O)[O-])n2[C@H]2C[C@H](O)[C@@H](CO)O2)c(=O)[nH]1. The maximum Gasteiger partial charge on any atom is 0.439 e. The van der Waals surface area contributed by atoms with Gasteiger partial charge in [0.15, 0.2) is 6.23 Å². The van der Waals surface area contributed by atoms with Crippen molar-refractivity contribution in [1.29, 1.82) is 0 Å². The molecule has 22 heavy (non-hydrogen) atoms. The third kappa shape index (κ3) is 2.09. The molecule has 3 rings (SSSR count). The molecule has 12 heteroatoms. The number of nitrogens with one attached hydrogen (secondary N) is 1. The van der Waals surface area contributed by atoms with Gasteiger partial charge in [-0.15, -0.1) is 0 Å². The molecule has 2 aromatic heterocycles. The molecule has 5 N–H and O–H groups in total. The van der Waals surface area contributed by atoms with Crippen LogP contribution in [0, 0.1) is 10.1 Å². The number of ether oxygens (including phenoxy) is 1. The smallest absolute Gasteiger partial charge is 0.394 e. The first-order chi connectivity index (χ1) is 10.4. The fourth-order valence-electron chi connectivity index (χ4n) is 2.42. The number of hydrogen-bond donors (Lipinski definition) is 4. The van der Waals surface area contributed by atoms with Crippen LogP contribution in [-0.4, -0.2) is 53.5 Å². The summed E-state index contributed by atoms with van der Waals surface area (Å²) in [6.45, 7) is -0.450. The number of imidazole rings is 1. The summed E-state index contributed by atoms with van der Waals surface area (Å²) < 4.78 is 6.36. The number of aliphatic hydroxyl groups excluding tert-OH is 2. The number of aromatic amines is 1. The fraction of sp³-hybridized carbons (Fsp3) is 0.500. The zero-order valence-corrected chi connectivity index (χ0v) is 11.0. The van der Waals surface area contributed by atoms with Crippen molar-refractivity contribution >= 4 is 23.1 Å². The summed E-state index contributed by atoms with van der Waals surface area (Å²) in [4.78, 5) is 31.9. The highest BCUT2D eigenvalue weighted by Gasteiger charge is 2.41. The number of nitrogens with zero attached hydrogens (tertiary/aromatic N) is 4. The van der Waals surface area contributed by atoms with Gasteiger partial charge >= 0.3 is 5.95 Å². The molecule has 0 aliphatic carbocycles. The maximum atomic E-state index is 11.8. The number of fused-ring (bicyclic) bond motifs is 1. The van der Waals surface area contributed by atoms with Crippen LogP contribution in [0.5, 0.6) is 0 Å². The first-order valence-electron chi connectivity index (χ1n) is 6.29. The van der Waals surface area contributed by atoms with Crippen molar-refractivity contribution in [3.05, 3.63) is 20.5 Å². The van der Waals surface area contributed by atoms with E-state index in [0.29, 0.717) is 0 Å². The standard InChI is InChI=1S/C10H12N6O6/c11-9-13-7-6(8(19)14-9)12-10(16(20)21)15(7)5-1-3(18)4(2-17)22-5/h3-5,17-18H,1-2H2,(H3,11,13,14,19)/t3-,4+,5+/m0/s1. The molecule has 0 radical (unpaired) electrons. The Morgan fingerprint density at radius 2 is 2.27 bits per heavy atom. The quantitative estimate of drug-likeness (QED) is 0.377. The summed E-state index contributed by atoms with van der Waals surface area (Å²) in [6, 6.07) is 0. The highest BCUT2D eigenvalue weighted by atomic mass is 16.6. The van der Waals surface area contributed by atoms with Gasteiger partial charge in [0, 0.05) is 6.42 Å². The lowest BCUT2D eigenvalue weighted by molar-refractivity contribution is -0.398. The molecule has 0 spiro atoms. The lowest BCUT2D eigenvalue weighted by Gasteiger charge is -2.11. The summed E-state index contributed by atoms with van der Waals surface area (Å²) >= 11 is 0. The second-order valence-corrected chi connectivity index (χ2v) is 4.78. The number of H-pyrrole nitrogens is 1. The van der Waals surface area contributed by atoms with Gasteiger partial charge in [0.05, 0.1) is 12.7 Å². The number of hydrogen-bond acceptors (Lipinski definition) is 9. The summed E-state index contributed by atoms with van der Waals surface area (Å²) in [5, 5.41) is 30.0. The highest BCUT2D eigenvalue weighted by Crippen LogP contribution is 2.33. The van der Waals surface area contributed by atoms with Gasteiger partial charge < -0.3 is 30.8 Å². The first kappa shape index (κ1) is 14.4. The Kier molecular flexibility index (Phi) is 3.27. The van der Waals surface area contributed by atoms with Crippen molar-refractivity contribution < 1.29 is 19.9 Å². The third-order valence-corrected chi connectivity index (χ3v) is 3.39. The number of anilines is 1. The molecule has 1 saturated heterocycles. The van der Waals surface area contributed by atoms with E-state index in [4.69, 9.17) is 15.6 Å². The minimum absolute atomic E-state index is 0.0219. The molecule has 1 aliphatic heterocycles. The maximum absolute atomic E-state index is 11.8. The van der Waals surface area contributed by atoms with Gasteiger partial charge in [0.1, 0.15) is 6.10 Å². The molecule has 12 nitrogen and oxygen atoms in total. The molecule has 3 atom stereocenters. The van der Waals surface area contributed by atoms with Crippen molar-refractivity contribution in [1.82, 2.24) is 19.5 Å². The van der Waals surface area contributed by atoms with Crippen LogP contribution in [-0.2, 0) is 4.74 Å². The van der Waals surface area contributed by atoms with Crippen molar-refractivity contribution in [3.63, 3.8) is 0 Å². The molecule has 0 bridgehead atoms. The van der Waals surface area contributed by atoms with Crippen LogP contribution in [0.15, 0.2) is 4.79 Å². The Morgan fingerprint density at radius 1 is 1.55 bits per heavy atom. The van der Waals surface area contributed by atoms with Gasteiger partial charge in [0.2, 0.25) is 11.6 Å². The van der Waals surface area contributed by atoms with Crippen LogP contribution in [0.1, 0.15) is 12.6 Å². The molecule has 0 unspecified atom stereocenters. The topological polar surface area (TPSA) is 182 Å². The van der Waals surface area contributed by atoms with Crippen molar-refractivity contribution in [3.8, 4) is 0 Å². The molecule has 0 amide bonds.